The summed E-state index contributed by atoms with van der Waals surface area (Å²) in [6.07, 6.45) is -4.36. The Morgan fingerprint density at radius 2 is 1.86 bits per heavy atom. The number of nitrogens with one attached hydrogen (secondary N) is 1. The SMILES string of the molecule is Cc1ccc(CNc2cc(C(F)(F)F)ccc2Br)cc1Cl. The van der Waals surface area contributed by atoms with Gasteiger partial charge in [-0.3, -0.25) is 0 Å². The molecule has 2 rings (SSSR count). The molecule has 112 valence electrons. The van der Waals surface area contributed by atoms with E-state index < -0.39 is 11.7 Å². The zero-order valence-electron chi connectivity index (χ0n) is 11.1. The first-order chi connectivity index (χ1) is 9.77. The largest absolute Gasteiger partial charge is 0.416 e. The lowest BCUT2D eigenvalue weighted by molar-refractivity contribution is -0.137. The summed E-state index contributed by atoms with van der Waals surface area (Å²) in [5.74, 6) is 0. The van der Waals surface area contributed by atoms with E-state index in [0.717, 1.165) is 23.3 Å². The van der Waals surface area contributed by atoms with Crippen LogP contribution in [0, 0.1) is 6.92 Å². The van der Waals surface area contributed by atoms with E-state index in [-0.39, 0.29) is 0 Å². The molecule has 1 N–H and O–H groups in total. The van der Waals surface area contributed by atoms with E-state index in [1.807, 2.05) is 19.1 Å². The third kappa shape index (κ3) is 4.14. The molecule has 0 aliphatic rings. The lowest BCUT2D eigenvalue weighted by atomic mass is 10.1. The van der Waals surface area contributed by atoms with Crippen LogP contribution in [0.1, 0.15) is 16.7 Å². The molecule has 0 heterocycles. The number of aryl methyl sites for hydroxylation is 1. The van der Waals surface area contributed by atoms with Crippen molar-refractivity contribution in [3.05, 3.63) is 62.6 Å². The Morgan fingerprint density at radius 3 is 2.48 bits per heavy atom. The van der Waals surface area contributed by atoms with E-state index in [0.29, 0.717) is 21.7 Å². The number of anilines is 1. The number of alkyl halides is 3. The summed E-state index contributed by atoms with van der Waals surface area (Å²) in [6, 6.07) is 9.06. The first-order valence-electron chi connectivity index (χ1n) is 6.13. The zero-order chi connectivity index (χ0) is 15.6. The van der Waals surface area contributed by atoms with Gasteiger partial charge >= 0.3 is 6.18 Å². The zero-order valence-corrected chi connectivity index (χ0v) is 13.4. The highest BCUT2D eigenvalue weighted by atomic mass is 79.9. The monoisotopic (exact) mass is 377 g/mol. The molecule has 0 aliphatic carbocycles. The molecular formula is C15H12BrClF3N. The topological polar surface area (TPSA) is 12.0 Å². The summed E-state index contributed by atoms with van der Waals surface area (Å²) in [4.78, 5) is 0. The first kappa shape index (κ1) is 16.2. The fraction of sp³-hybridized carbons (Fsp3) is 0.200. The van der Waals surface area contributed by atoms with Gasteiger partial charge in [-0.1, -0.05) is 23.7 Å². The molecule has 1 nitrogen and oxygen atoms in total. The van der Waals surface area contributed by atoms with Crippen molar-refractivity contribution in [1.82, 2.24) is 0 Å². The Kier molecular flexibility index (Phi) is 4.84. The van der Waals surface area contributed by atoms with Crippen molar-refractivity contribution in [3.63, 3.8) is 0 Å². The molecule has 0 bridgehead atoms. The molecule has 0 saturated carbocycles. The van der Waals surface area contributed by atoms with Gasteiger partial charge in [0.2, 0.25) is 0 Å². The average molecular weight is 379 g/mol. The normalized spacial score (nSPS) is 11.5. The average Bonchev–Trinajstić information content (AvgIpc) is 2.40. The molecule has 6 heteroatoms. The maximum Gasteiger partial charge on any atom is 0.416 e. The highest BCUT2D eigenvalue weighted by molar-refractivity contribution is 9.10. The van der Waals surface area contributed by atoms with Gasteiger partial charge in [0, 0.05) is 21.7 Å². The second kappa shape index (κ2) is 6.28. The second-order valence-electron chi connectivity index (χ2n) is 4.63. The van der Waals surface area contributed by atoms with Crippen molar-refractivity contribution in [2.75, 3.05) is 5.32 Å². The molecule has 0 amide bonds. The van der Waals surface area contributed by atoms with Crippen molar-refractivity contribution >= 4 is 33.2 Å². The van der Waals surface area contributed by atoms with E-state index in [9.17, 15) is 13.2 Å². The minimum Gasteiger partial charge on any atom is -0.380 e. The Bertz CT molecular complexity index is 656. The van der Waals surface area contributed by atoms with Crippen LogP contribution in [0.2, 0.25) is 5.02 Å². The summed E-state index contributed by atoms with van der Waals surface area (Å²) in [5, 5.41) is 3.62. The Balaban J connectivity index is 2.17. The van der Waals surface area contributed by atoms with Crippen LogP contribution in [0.4, 0.5) is 18.9 Å². The first-order valence-corrected chi connectivity index (χ1v) is 7.30. The number of rotatable bonds is 3. The van der Waals surface area contributed by atoms with Gasteiger partial charge in [0.05, 0.1) is 5.56 Å². The summed E-state index contributed by atoms with van der Waals surface area (Å²) in [6.45, 7) is 2.28. The van der Waals surface area contributed by atoms with E-state index in [1.165, 1.54) is 6.07 Å². The van der Waals surface area contributed by atoms with Crippen LogP contribution in [0.3, 0.4) is 0 Å². The van der Waals surface area contributed by atoms with Crippen molar-refractivity contribution < 1.29 is 13.2 Å². The predicted octanol–water partition coefficient (Wildman–Crippen LogP) is 6.04. The third-order valence-electron chi connectivity index (χ3n) is 3.01. The van der Waals surface area contributed by atoms with Gasteiger partial charge in [-0.25, -0.2) is 0 Å². The maximum atomic E-state index is 12.7. The molecule has 0 aliphatic heterocycles. The van der Waals surface area contributed by atoms with Crippen molar-refractivity contribution in [3.8, 4) is 0 Å². The summed E-state index contributed by atoms with van der Waals surface area (Å²) >= 11 is 9.27. The Hall–Kier alpha value is -1.20. The minimum absolute atomic E-state index is 0.389. The molecule has 0 radical (unpaired) electrons. The van der Waals surface area contributed by atoms with Gasteiger partial charge in [-0.05, 0) is 58.2 Å². The molecule has 2 aromatic rings. The van der Waals surface area contributed by atoms with Crippen LogP contribution in [0.5, 0.6) is 0 Å². The molecule has 0 unspecified atom stereocenters. The molecule has 0 saturated heterocycles. The van der Waals surface area contributed by atoms with Crippen molar-refractivity contribution in [1.29, 1.82) is 0 Å². The fourth-order valence-electron chi connectivity index (χ4n) is 1.78. The molecule has 0 aromatic heterocycles. The van der Waals surface area contributed by atoms with Crippen molar-refractivity contribution in [2.24, 2.45) is 0 Å². The highest BCUT2D eigenvalue weighted by Crippen LogP contribution is 2.34. The van der Waals surface area contributed by atoms with Crippen LogP contribution in [0.25, 0.3) is 0 Å². The molecule has 0 atom stereocenters. The minimum atomic E-state index is -4.36. The number of hydrogen-bond donors (Lipinski definition) is 1. The lowest BCUT2D eigenvalue weighted by Crippen LogP contribution is -2.07. The number of benzene rings is 2. The number of hydrogen-bond acceptors (Lipinski definition) is 1. The van der Waals surface area contributed by atoms with Crippen LogP contribution in [-0.2, 0) is 12.7 Å². The molecule has 0 spiro atoms. The van der Waals surface area contributed by atoms with E-state index >= 15 is 0 Å². The van der Waals surface area contributed by atoms with Gasteiger partial charge in [0.1, 0.15) is 0 Å². The summed E-state index contributed by atoms with van der Waals surface area (Å²) in [5.41, 5.74) is 1.56. The Morgan fingerprint density at radius 1 is 1.14 bits per heavy atom. The van der Waals surface area contributed by atoms with Crippen molar-refractivity contribution in [2.45, 2.75) is 19.6 Å². The summed E-state index contributed by atoms with van der Waals surface area (Å²) in [7, 11) is 0. The maximum absolute atomic E-state index is 12.7. The van der Waals surface area contributed by atoms with E-state index in [4.69, 9.17) is 11.6 Å². The highest BCUT2D eigenvalue weighted by Gasteiger charge is 2.30. The second-order valence-corrected chi connectivity index (χ2v) is 5.89. The Labute approximate surface area is 134 Å². The fourth-order valence-corrected chi connectivity index (χ4v) is 2.37. The molecule has 0 fully saturated rings. The lowest BCUT2D eigenvalue weighted by Gasteiger charge is -2.13. The van der Waals surface area contributed by atoms with Crippen LogP contribution in [0.15, 0.2) is 40.9 Å². The van der Waals surface area contributed by atoms with Gasteiger partial charge in [0.15, 0.2) is 0 Å². The molecule has 2 aromatic carbocycles. The summed E-state index contributed by atoms with van der Waals surface area (Å²) < 4.78 is 38.7. The van der Waals surface area contributed by atoms with Gasteiger partial charge in [0.25, 0.3) is 0 Å². The quantitative estimate of drug-likeness (QED) is 0.686. The third-order valence-corrected chi connectivity index (χ3v) is 4.11. The number of halogens is 5. The van der Waals surface area contributed by atoms with E-state index in [2.05, 4.69) is 21.2 Å². The van der Waals surface area contributed by atoms with Gasteiger partial charge < -0.3 is 5.32 Å². The predicted molar refractivity (Wildman–Crippen MR) is 82.7 cm³/mol. The van der Waals surface area contributed by atoms with Gasteiger partial charge in [-0.2, -0.15) is 13.2 Å². The molecule has 21 heavy (non-hydrogen) atoms. The van der Waals surface area contributed by atoms with Crippen LogP contribution >= 0.6 is 27.5 Å². The smallest absolute Gasteiger partial charge is 0.380 e. The van der Waals surface area contributed by atoms with Crippen LogP contribution in [-0.4, -0.2) is 0 Å². The van der Waals surface area contributed by atoms with Gasteiger partial charge in [-0.15, -0.1) is 0 Å². The standard InChI is InChI=1S/C15H12BrClF3N/c1-9-2-3-10(6-13(9)17)8-21-14-7-11(15(18,19)20)4-5-12(14)16/h2-7,21H,8H2,1H3. The molecular weight excluding hydrogens is 367 g/mol. The van der Waals surface area contributed by atoms with E-state index in [1.54, 1.807) is 6.07 Å². The van der Waals surface area contributed by atoms with Crippen LogP contribution < -0.4 is 5.32 Å².